The van der Waals surface area contributed by atoms with Gasteiger partial charge in [-0.2, -0.15) is 0 Å². The molecule has 1 aliphatic heterocycles. The smallest absolute Gasteiger partial charge is 0.322 e. The molecule has 108 valence electrons. The molecule has 2 rings (SSSR count). The zero-order valence-corrected chi connectivity index (χ0v) is 11.8. The number of urea groups is 1. The first-order chi connectivity index (χ1) is 9.61. The number of benzene rings is 1. The van der Waals surface area contributed by atoms with Gasteiger partial charge in [0.05, 0.1) is 6.54 Å². The second-order valence-electron chi connectivity index (χ2n) is 5.18. The molecule has 1 heterocycles. The maximum Gasteiger partial charge on any atom is 0.322 e. The molecule has 3 N–H and O–H groups in total. The van der Waals surface area contributed by atoms with Crippen molar-refractivity contribution in [3.05, 3.63) is 29.8 Å². The molecule has 1 aliphatic rings. The Balaban J connectivity index is 2.05. The molecule has 0 spiro atoms. The third kappa shape index (κ3) is 3.36. The second kappa shape index (κ2) is 6.52. The van der Waals surface area contributed by atoms with Crippen molar-refractivity contribution in [2.45, 2.75) is 32.2 Å². The molecule has 1 aromatic rings. The van der Waals surface area contributed by atoms with E-state index in [0.717, 1.165) is 19.4 Å². The summed E-state index contributed by atoms with van der Waals surface area (Å²) in [5, 5.41) is 2.86. The number of hydrogen-bond acceptors (Lipinski definition) is 3. The summed E-state index contributed by atoms with van der Waals surface area (Å²) in [5.41, 5.74) is 6.50. The van der Waals surface area contributed by atoms with Gasteiger partial charge in [-0.3, -0.25) is 4.79 Å². The minimum atomic E-state index is -0.132. The van der Waals surface area contributed by atoms with Gasteiger partial charge >= 0.3 is 6.03 Å². The molecular weight excluding hydrogens is 254 g/mol. The van der Waals surface area contributed by atoms with Crippen LogP contribution in [0.3, 0.4) is 0 Å². The number of nitrogens with two attached hydrogens (primary N) is 1. The summed E-state index contributed by atoms with van der Waals surface area (Å²) in [5.74, 6) is -0.132. The minimum absolute atomic E-state index is 0.0272. The van der Waals surface area contributed by atoms with Crippen LogP contribution in [0.5, 0.6) is 0 Å². The first-order valence-electron chi connectivity index (χ1n) is 7.03. The van der Waals surface area contributed by atoms with Crippen LogP contribution in [0.25, 0.3) is 0 Å². The Morgan fingerprint density at radius 3 is 2.90 bits per heavy atom. The van der Waals surface area contributed by atoms with Gasteiger partial charge in [0.2, 0.25) is 0 Å². The topological polar surface area (TPSA) is 75.4 Å². The van der Waals surface area contributed by atoms with Gasteiger partial charge in [-0.25, -0.2) is 4.79 Å². The lowest BCUT2D eigenvalue weighted by Crippen LogP contribution is -2.44. The highest BCUT2D eigenvalue weighted by Gasteiger charge is 2.23. The number of nitrogens with zero attached hydrogens (tertiary/aromatic N) is 1. The molecule has 1 atom stereocenters. The number of carbonyl (C=O) groups excluding carboxylic acids is 2. The number of amides is 2. The summed E-state index contributed by atoms with van der Waals surface area (Å²) in [6.07, 6.45) is 3.26. The SMILES string of the molecule is CC1CCCCN1C(=O)Nc1cccc(C(=O)CN)c1. The monoisotopic (exact) mass is 275 g/mol. The molecule has 0 bridgehead atoms. The van der Waals surface area contributed by atoms with Gasteiger partial charge in [0.25, 0.3) is 0 Å². The number of hydrogen-bond donors (Lipinski definition) is 2. The zero-order valence-electron chi connectivity index (χ0n) is 11.8. The van der Waals surface area contributed by atoms with Crippen molar-refractivity contribution >= 4 is 17.5 Å². The maximum atomic E-state index is 12.2. The minimum Gasteiger partial charge on any atom is -0.324 e. The van der Waals surface area contributed by atoms with Gasteiger partial charge in [0.1, 0.15) is 0 Å². The molecule has 1 saturated heterocycles. The molecule has 1 aromatic carbocycles. The largest absolute Gasteiger partial charge is 0.324 e. The fourth-order valence-corrected chi connectivity index (χ4v) is 2.48. The molecule has 1 unspecified atom stereocenters. The Labute approximate surface area is 119 Å². The van der Waals surface area contributed by atoms with Crippen LogP contribution in [-0.2, 0) is 0 Å². The van der Waals surface area contributed by atoms with Gasteiger partial charge in [-0.15, -0.1) is 0 Å². The molecule has 0 radical (unpaired) electrons. The van der Waals surface area contributed by atoms with Crippen LogP contribution in [-0.4, -0.2) is 35.8 Å². The number of anilines is 1. The molecular formula is C15H21N3O2. The Hall–Kier alpha value is -1.88. The van der Waals surface area contributed by atoms with E-state index in [9.17, 15) is 9.59 Å². The number of likely N-dealkylation sites (tertiary alicyclic amines) is 1. The standard InChI is InChI=1S/C15H21N3O2/c1-11-5-2-3-8-18(11)15(20)17-13-7-4-6-12(9-13)14(19)10-16/h4,6-7,9,11H,2-3,5,8,10,16H2,1H3,(H,17,20). The first kappa shape index (κ1) is 14.5. The van der Waals surface area contributed by atoms with Crippen molar-refractivity contribution in [1.82, 2.24) is 4.90 Å². The van der Waals surface area contributed by atoms with Crippen LogP contribution in [0, 0.1) is 0 Å². The van der Waals surface area contributed by atoms with E-state index in [2.05, 4.69) is 12.2 Å². The Morgan fingerprint density at radius 2 is 2.20 bits per heavy atom. The summed E-state index contributed by atoms with van der Waals surface area (Å²) in [7, 11) is 0. The van der Waals surface area contributed by atoms with Gasteiger partial charge in [-0.1, -0.05) is 12.1 Å². The van der Waals surface area contributed by atoms with Crippen LogP contribution < -0.4 is 11.1 Å². The first-order valence-corrected chi connectivity index (χ1v) is 7.03. The lowest BCUT2D eigenvalue weighted by molar-refractivity contribution is 0.100. The number of ketones is 1. The third-order valence-electron chi connectivity index (χ3n) is 3.69. The maximum absolute atomic E-state index is 12.2. The van der Waals surface area contributed by atoms with Crippen molar-refractivity contribution in [2.24, 2.45) is 5.73 Å². The quantitative estimate of drug-likeness (QED) is 0.831. The molecule has 2 amide bonds. The van der Waals surface area contributed by atoms with Crippen molar-refractivity contribution in [2.75, 3.05) is 18.4 Å². The number of nitrogens with one attached hydrogen (secondary N) is 1. The Kier molecular flexibility index (Phi) is 4.74. The highest BCUT2D eigenvalue weighted by Crippen LogP contribution is 2.18. The van der Waals surface area contributed by atoms with Crippen LogP contribution in [0.1, 0.15) is 36.5 Å². The Bertz CT molecular complexity index is 502. The van der Waals surface area contributed by atoms with Crippen molar-refractivity contribution in [1.29, 1.82) is 0 Å². The van der Waals surface area contributed by atoms with E-state index in [1.54, 1.807) is 24.3 Å². The summed E-state index contributed by atoms with van der Waals surface area (Å²) < 4.78 is 0. The summed E-state index contributed by atoms with van der Waals surface area (Å²) >= 11 is 0. The lowest BCUT2D eigenvalue weighted by Gasteiger charge is -2.33. The molecule has 1 fully saturated rings. The van der Waals surface area contributed by atoms with Gasteiger partial charge in [-0.05, 0) is 38.3 Å². The second-order valence-corrected chi connectivity index (χ2v) is 5.18. The van der Waals surface area contributed by atoms with E-state index in [-0.39, 0.29) is 24.4 Å². The van der Waals surface area contributed by atoms with Gasteiger partial charge in [0.15, 0.2) is 5.78 Å². The van der Waals surface area contributed by atoms with Crippen LogP contribution in [0.15, 0.2) is 24.3 Å². The van der Waals surface area contributed by atoms with E-state index < -0.39 is 0 Å². The summed E-state index contributed by atoms with van der Waals surface area (Å²) in [6, 6.07) is 7.06. The average molecular weight is 275 g/mol. The van der Waals surface area contributed by atoms with E-state index in [1.165, 1.54) is 6.42 Å². The van der Waals surface area contributed by atoms with Crippen molar-refractivity contribution in [3.8, 4) is 0 Å². The lowest BCUT2D eigenvalue weighted by atomic mass is 10.0. The predicted octanol–water partition coefficient (Wildman–Crippen LogP) is 2.23. The summed E-state index contributed by atoms with van der Waals surface area (Å²) in [6.45, 7) is 2.82. The van der Waals surface area contributed by atoms with E-state index >= 15 is 0 Å². The number of carbonyl (C=O) groups is 2. The van der Waals surface area contributed by atoms with Crippen LogP contribution >= 0.6 is 0 Å². The molecule has 20 heavy (non-hydrogen) atoms. The van der Waals surface area contributed by atoms with Gasteiger partial charge in [0, 0.05) is 23.8 Å². The predicted molar refractivity (Wildman–Crippen MR) is 78.9 cm³/mol. The van der Waals surface area contributed by atoms with E-state index in [4.69, 9.17) is 5.73 Å². The van der Waals surface area contributed by atoms with E-state index in [0.29, 0.717) is 11.3 Å². The van der Waals surface area contributed by atoms with Crippen LogP contribution in [0.2, 0.25) is 0 Å². The Morgan fingerprint density at radius 1 is 1.40 bits per heavy atom. The number of Topliss-reactive ketones (excluding diaryl/α,β-unsaturated/α-hetero) is 1. The van der Waals surface area contributed by atoms with E-state index in [1.807, 2.05) is 4.90 Å². The normalized spacial score (nSPS) is 18.7. The molecule has 0 saturated carbocycles. The van der Waals surface area contributed by atoms with Crippen molar-refractivity contribution < 1.29 is 9.59 Å². The summed E-state index contributed by atoms with van der Waals surface area (Å²) in [4.78, 5) is 25.6. The third-order valence-corrected chi connectivity index (χ3v) is 3.69. The van der Waals surface area contributed by atoms with Crippen molar-refractivity contribution in [3.63, 3.8) is 0 Å². The van der Waals surface area contributed by atoms with Gasteiger partial charge < -0.3 is 16.0 Å². The fraction of sp³-hybridized carbons (Fsp3) is 0.467. The molecule has 5 heteroatoms. The molecule has 0 aromatic heterocycles. The molecule has 0 aliphatic carbocycles. The highest BCUT2D eigenvalue weighted by atomic mass is 16.2. The number of piperidine rings is 1. The zero-order chi connectivity index (χ0) is 14.5. The molecule has 5 nitrogen and oxygen atoms in total. The average Bonchev–Trinajstić information content (AvgIpc) is 2.47. The highest BCUT2D eigenvalue weighted by molar-refractivity contribution is 5.99. The van der Waals surface area contributed by atoms with Crippen LogP contribution in [0.4, 0.5) is 10.5 Å². The number of rotatable bonds is 3. The fourth-order valence-electron chi connectivity index (χ4n) is 2.48.